The van der Waals surface area contributed by atoms with Gasteiger partial charge < -0.3 is 10.2 Å². The summed E-state index contributed by atoms with van der Waals surface area (Å²) in [5.74, 6) is 0.0466. The van der Waals surface area contributed by atoms with Gasteiger partial charge in [0.25, 0.3) is 0 Å². The van der Waals surface area contributed by atoms with Crippen molar-refractivity contribution in [2.24, 2.45) is 0 Å². The fourth-order valence-electron chi connectivity index (χ4n) is 1.99. The van der Waals surface area contributed by atoms with E-state index in [0.29, 0.717) is 11.3 Å². The molecule has 0 saturated carbocycles. The van der Waals surface area contributed by atoms with Gasteiger partial charge in [-0.25, -0.2) is 0 Å². The van der Waals surface area contributed by atoms with Crippen LogP contribution >= 0.6 is 0 Å². The lowest BCUT2D eigenvalue weighted by molar-refractivity contribution is 0.229. The molecule has 1 heterocycles. The van der Waals surface area contributed by atoms with Crippen molar-refractivity contribution in [3.63, 3.8) is 0 Å². The van der Waals surface area contributed by atoms with Crippen LogP contribution in [0.3, 0.4) is 0 Å². The van der Waals surface area contributed by atoms with Gasteiger partial charge in [-0.3, -0.25) is 0 Å². The van der Waals surface area contributed by atoms with Crippen LogP contribution in [0.2, 0.25) is 0 Å². The number of phenols is 1. The molecule has 0 bridgehead atoms. The lowest BCUT2D eigenvalue weighted by Crippen LogP contribution is -2.01. The number of nitrogens with zero attached hydrogens (tertiary/aromatic N) is 3. The van der Waals surface area contributed by atoms with Crippen molar-refractivity contribution in [1.82, 2.24) is 15.0 Å². The number of aromatic hydroxyl groups is 1. The van der Waals surface area contributed by atoms with Crippen molar-refractivity contribution in [3.05, 3.63) is 60.7 Å². The van der Waals surface area contributed by atoms with E-state index in [1.165, 1.54) is 16.9 Å². The zero-order valence-corrected chi connectivity index (χ0v) is 10.6. The Morgan fingerprint density at radius 3 is 2.35 bits per heavy atom. The number of rotatable bonds is 3. The number of aromatic nitrogens is 3. The zero-order valence-electron chi connectivity index (χ0n) is 10.6. The third-order valence-corrected chi connectivity index (χ3v) is 3.07. The smallest absolute Gasteiger partial charge is 0.143 e. The zero-order chi connectivity index (χ0) is 14.1. The van der Waals surface area contributed by atoms with Crippen molar-refractivity contribution in [1.29, 1.82) is 0 Å². The standard InChI is InChI=1S/C15H13N3O2/c1-2-14(19)10-7-8-15(20)13(9-10)18-16-11-5-3-4-6-12(11)17-18/h2-9,14,19-20H,1H2. The van der Waals surface area contributed by atoms with E-state index >= 15 is 0 Å². The molecule has 1 unspecified atom stereocenters. The summed E-state index contributed by atoms with van der Waals surface area (Å²) in [5, 5.41) is 28.4. The van der Waals surface area contributed by atoms with E-state index in [4.69, 9.17) is 0 Å². The highest BCUT2D eigenvalue weighted by Crippen LogP contribution is 2.26. The summed E-state index contributed by atoms with van der Waals surface area (Å²) in [6.07, 6.45) is 0.628. The number of benzene rings is 2. The maximum absolute atomic E-state index is 9.96. The van der Waals surface area contributed by atoms with E-state index in [0.717, 1.165) is 11.0 Å². The van der Waals surface area contributed by atoms with Crippen molar-refractivity contribution in [2.45, 2.75) is 6.10 Å². The Bertz CT molecular complexity index is 747. The highest BCUT2D eigenvalue weighted by atomic mass is 16.3. The van der Waals surface area contributed by atoms with E-state index in [9.17, 15) is 10.2 Å². The summed E-state index contributed by atoms with van der Waals surface area (Å²) in [6, 6.07) is 12.2. The Balaban J connectivity index is 2.14. The molecule has 2 aromatic carbocycles. The van der Waals surface area contributed by atoms with Crippen LogP contribution in [0, 0.1) is 0 Å². The van der Waals surface area contributed by atoms with Crippen LogP contribution in [0.25, 0.3) is 16.7 Å². The maximum Gasteiger partial charge on any atom is 0.143 e. The maximum atomic E-state index is 9.96. The second-order valence-electron chi connectivity index (χ2n) is 4.41. The predicted octanol–water partition coefficient (Wildman–Crippen LogP) is 2.35. The molecular formula is C15H13N3O2. The molecule has 100 valence electrons. The minimum absolute atomic E-state index is 0.0466. The first-order valence-electron chi connectivity index (χ1n) is 6.15. The van der Waals surface area contributed by atoms with Gasteiger partial charge in [0.15, 0.2) is 0 Å². The van der Waals surface area contributed by atoms with E-state index in [-0.39, 0.29) is 5.75 Å². The lowest BCUT2D eigenvalue weighted by Gasteiger charge is -2.09. The van der Waals surface area contributed by atoms with Crippen LogP contribution in [0.4, 0.5) is 0 Å². The Morgan fingerprint density at radius 2 is 1.75 bits per heavy atom. The summed E-state index contributed by atoms with van der Waals surface area (Å²) >= 11 is 0. The van der Waals surface area contributed by atoms with Crippen LogP contribution in [0.5, 0.6) is 5.75 Å². The van der Waals surface area contributed by atoms with E-state index in [2.05, 4.69) is 16.8 Å². The molecule has 0 aliphatic carbocycles. The molecule has 5 nitrogen and oxygen atoms in total. The van der Waals surface area contributed by atoms with Gasteiger partial charge in [-0.1, -0.05) is 24.3 Å². The quantitative estimate of drug-likeness (QED) is 0.714. The molecule has 20 heavy (non-hydrogen) atoms. The summed E-state index contributed by atoms with van der Waals surface area (Å²) in [5.41, 5.74) is 2.51. The fraction of sp³-hybridized carbons (Fsp3) is 0.0667. The first-order chi connectivity index (χ1) is 9.69. The number of fused-ring (bicyclic) bond motifs is 1. The Hall–Kier alpha value is -2.66. The van der Waals surface area contributed by atoms with Crippen LogP contribution < -0.4 is 0 Å². The topological polar surface area (TPSA) is 71.2 Å². The molecule has 3 rings (SSSR count). The Labute approximate surface area is 115 Å². The largest absolute Gasteiger partial charge is 0.506 e. The monoisotopic (exact) mass is 267 g/mol. The molecule has 1 aromatic heterocycles. The van der Waals surface area contributed by atoms with Gasteiger partial charge in [0.1, 0.15) is 22.5 Å². The van der Waals surface area contributed by atoms with Crippen LogP contribution in [-0.2, 0) is 0 Å². The van der Waals surface area contributed by atoms with Crippen molar-refractivity contribution in [3.8, 4) is 11.4 Å². The molecule has 0 amide bonds. The molecule has 0 spiro atoms. The number of phenolic OH excluding ortho intramolecular Hbond substituents is 1. The summed E-state index contributed by atoms with van der Waals surface area (Å²) < 4.78 is 0. The highest BCUT2D eigenvalue weighted by Gasteiger charge is 2.11. The minimum Gasteiger partial charge on any atom is -0.506 e. The van der Waals surface area contributed by atoms with Gasteiger partial charge >= 0.3 is 0 Å². The Kier molecular flexibility index (Phi) is 2.96. The van der Waals surface area contributed by atoms with E-state index in [1.54, 1.807) is 12.1 Å². The first-order valence-corrected chi connectivity index (χ1v) is 6.15. The van der Waals surface area contributed by atoms with Crippen molar-refractivity contribution in [2.75, 3.05) is 0 Å². The van der Waals surface area contributed by atoms with Crippen LogP contribution in [-0.4, -0.2) is 25.2 Å². The van der Waals surface area contributed by atoms with Crippen LogP contribution in [0.15, 0.2) is 55.1 Å². The molecule has 0 aliphatic heterocycles. The van der Waals surface area contributed by atoms with Gasteiger partial charge in [-0.15, -0.1) is 21.6 Å². The second-order valence-corrected chi connectivity index (χ2v) is 4.41. The highest BCUT2D eigenvalue weighted by molar-refractivity contribution is 5.73. The Morgan fingerprint density at radius 1 is 1.10 bits per heavy atom. The fourth-order valence-corrected chi connectivity index (χ4v) is 1.99. The number of hydrogen-bond donors (Lipinski definition) is 2. The summed E-state index contributed by atoms with van der Waals surface area (Å²) in [6.45, 7) is 3.55. The molecule has 1 atom stereocenters. The van der Waals surface area contributed by atoms with Gasteiger partial charge in [0, 0.05) is 0 Å². The third kappa shape index (κ3) is 2.04. The molecule has 3 aromatic rings. The number of hydrogen-bond acceptors (Lipinski definition) is 4. The molecule has 2 N–H and O–H groups in total. The second kappa shape index (κ2) is 4.79. The molecule has 0 fully saturated rings. The molecular weight excluding hydrogens is 254 g/mol. The lowest BCUT2D eigenvalue weighted by atomic mass is 10.1. The van der Waals surface area contributed by atoms with Crippen LogP contribution in [0.1, 0.15) is 11.7 Å². The first kappa shape index (κ1) is 12.4. The summed E-state index contributed by atoms with van der Waals surface area (Å²) in [7, 11) is 0. The van der Waals surface area contributed by atoms with Gasteiger partial charge in [0.05, 0.1) is 6.10 Å². The van der Waals surface area contributed by atoms with Gasteiger partial charge in [0.2, 0.25) is 0 Å². The van der Waals surface area contributed by atoms with Crippen molar-refractivity contribution >= 4 is 11.0 Å². The summed E-state index contributed by atoms with van der Waals surface area (Å²) in [4.78, 5) is 1.36. The van der Waals surface area contributed by atoms with Gasteiger partial charge in [-0.2, -0.15) is 0 Å². The van der Waals surface area contributed by atoms with E-state index in [1.807, 2.05) is 24.3 Å². The van der Waals surface area contributed by atoms with Gasteiger partial charge in [-0.05, 0) is 29.8 Å². The third-order valence-electron chi connectivity index (χ3n) is 3.07. The average Bonchev–Trinajstić information content (AvgIpc) is 2.90. The molecule has 0 saturated heterocycles. The normalized spacial score (nSPS) is 12.4. The molecule has 5 heteroatoms. The molecule has 0 aliphatic rings. The SMILES string of the molecule is C=CC(O)c1ccc(O)c(-n2nc3ccccc3n2)c1. The number of aliphatic hydroxyl groups excluding tert-OH is 1. The van der Waals surface area contributed by atoms with Crippen molar-refractivity contribution < 1.29 is 10.2 Å². The molecule has 0 radical (unpaired) electrons. The average molecular weight is 267 g/mol. The number of aliphatic hydroxyl groups is 1. The predicted molar refractivity (Wildman–Crippen MR) is 75.7 cm³/mol. The minimum atomic E-state index is -0.792. The van der Waals surface area contributed by atoms with E-state index < -0.39 is 6.10 Å².